The van der Waals surface area contributed by atoms with Crippen molar-refractivity contribution in [3.63, 3.8) is 0 Å². The first kappa shape index (κ1) is 20.5. The number of halogens is 3. The molecule has 0 bridgehead atoms. The van der Waals surface area contributed by atoms with Crippen molar-refractivity contribution >= 4 is 17.7 Å². The lowest BCUT2D eigenvalue weighted by atomic mass is 10.1. The number of nitrogens with one attached hydrogen (secondary N) is 1. The van der Waals surface area contributed by atoms with Gasteiger partial charge < -0.3 is 5.32 Å². The van der Waals surface area contributed by atoms with Crippen LogP contribution in [0.2, 0.25) is 0 Å². The van der Waals surface area contributed by atoms with Crippen LogP contribution < -0.4 is 5.32 Å². The molecule has 1 N–H and O–H groups in total. The quantitative estimate of drug-likeness (QED) is 0.654. The average molecular weight is 425 g/mol. The summed E-state index contributed by atoms with van der Waals surface area (Å²) in [6.07, 6.45) is -2.08. The minimum atomic E-state index is -5.02. The summed E-state index contributed by atoms with van der Waals surface area (Å²) >= 11 is 0. The molecule has 0 unspecified atom stereocenters. The first-order valence-corrected chi connectivity index (χ1v) is 9.54. The van der Waals surface area contributed by atoms with E-state index in [0.717, 1.165) is 10.5 Å². The molecule has 9 heteroatoms. The largest absolute Gasteiger partial charge is 0.442 e. The molecule has 2 heterocycles. The van der Waals surface area contributed by atoms with Crippen LogP contribution >= 0.6 is 0 Å². The summed E-state index contributed by atoms with van der Waals surface area (Å²) in [5, 5.41) is 2.15. The molecule has 1 amide bonds. The number of rotatable bonds is 6. The highest BCUT2D eigenvalue weighted by molar-refractivity contribution is 6.16. The van der Waals surface area contributed by atoms with E-state index >= 15 is 0 Å². The Bertz CT molecular complexity index is 1070. The number of carbonyl (C=O) groups is 1. The fourth-order valence-corrected chi connectivity index (χ4v) is 3.32. The van der Waals surface area contributed by atoms with Crippen LogP contribution in [-0.4, -0.2) is 45.0 Å². The molecule has 1 aliphatic rings. The van der Waals surface area contributed by atoms with Crippen molar-refractivity contribution in [2.45, 2.75) is 18.3 Å². The first-order chi connectivity index (χ1) is 14.9. The molecule has 158 valence electrons. The third-order valence-corrected chi connectivity index (χ3v) is 4.85. The summed E-state index contributed by atoms with van der Waals surface area (Å²) in [4.78, 5) is 25.8. The fourth-order valence-electron chi connectivity index (χ4n) is 3.32. The molecule has 0 aliphatic carbocycles. The second-order valence-electron chi connectivity index (χ2n) is 6.90. The van der Waals surface area contributed by atoms with Gasteiger partial charge in [0.1, 0.15) is 5.84 Å². The van der Waals surface area contributed by atoms with Gasteiger partial charge in [-0.05, 0) is 18.1 Å². The monoisotopic (exact) mass is 425 g/mol. The molecule has 6 nitrogen and oxygen atoms in total. The van der Waals surface area contributed by atoms with E-state index in [9.17, 15) is 18.0 Å². The van der Waals surface area contributed by atoms with Crippen molar-refractivity contribution in [2.24, 2.45) is 4.99 Å². The Hall–Kier alpha value is -3.75. The van der Waals surface area contributed by atoms with Gasteiger partial charge in [0.05, 0.1) is 0 Å². The molecule has 0 spiro atoms. The van der Waals surface area contributed by atoms with E-state index in [4.69, 9.17) is 0 Å². The Morgan fingerprint density at radius 2 is 1.52 bits per heavy atom. The molecule has 3 aromatic rings. The summed E-state index contributed by atoms with van der Waals surface area (Å²) in [6, 6.07) is 19.0. The molecule has 4 rings (SSSR count). The number of alkyl halides is 3. The minimum absolute atomic E-state index is 0.0335. The highest BCUT2D eigenvalue weighted by atomic mass is 19.4. The van der Waals surface area contributed by atoms with Crippen molar-refractivity contribution in [1.29, 1.82) is 0 Å². The Balaban J connectivity index is 1.76. The first-order valence-electron chi connectivity index (χ1n) is 9.54. The van der Waals surface area contributed by atoms with Crippen LogP contribution in [0.3, 0.4) is 0 Å². The number of carbonyl (C=O) groups excluding carboxylic acids is 1. The van der Waals surface area contributed by atoms with Crippen LogP contribution in [0.25, 0.3) is 0 Å². The zero-order valence-electron chi connectivity index (χ0n) is 16.3. The topological polar surface area (TPSA) is 70.5 Å². The van der Waals surface area contributed by atoms with Gasteiger partial charge in [0.2, 0.25) is 5.95 Å². The molecule has 1 aromatic heterocycles. The van der Waals surface area contributed by atoms with Gasteiger partial charge in [-0.1, -0.05) is 60.7 Å². The van der Waals surface area contributed by atoms with Crippen molar-refractivity contribution in [1.82, 2.24) is 14.9 Å². The van der Waals surface area contributed by atoms with Gasteiger partial charge in [-0.15, -0.1) is 0 Å². The van der Waals surface area contributed by atoms with Crippen LogP contribution in [-0.2, 0) is 11.2 Å². The van der Waals surface area contributed by atoms with Gasteiger partial charge in [0, 0.05) is 24.5 Å². The Morgan fingerprint density at radius 3 is 2.13 bits per heavy atom. The maximum Gasteiger partial charge on any atom is 0.442 e. The number of hydrogen-bond donors (Lipinski definition) is 1. The van der Waals surface area contributed by atoms with Crippen molar-refractivity contribution in [3.05, 3.63) is 90.3 Å². The maximum atomic E-state index is 14.3. The fraction of sp³-hybridized carbons (Fsp3) is 0.182. The summed E-state index contributed by atoms with van der Waals surface area (Å²) < 4.78 is 42.9. The van der Waals surface area contributed by atoms with Crippen molar-refractivity contribution < 1.29 is 18.0 Å². The molecule has 0 saturated heterocycles. The van der Waals surface area contributed by atoms with Crippen molar-refractivity contribution in [3.8, 4) is 0 Å². The Kier molecular flexibility index (Phi) is 5.41. The lowest BCUT2D eigenvalue weighted by Crippen LogP contribution is -2.58. The number of aromatic nitrogens is 2. The highest BCUT2D eigenvalue weighted by Gasteiger charge is 2.66. The normalized spacial score (nSPS) is 18.7. The van der Waals surface area contributed by atoms with E-state index in [1.807, 2.05) is 30.3 Å². The molecule has 2 aromatic carbocycles. The van der Waals surface area contributed by atoms with Crippen LogP contribution in [0, 0.1) is 0 Å². The third kappa shape index (κ3) is 3.98. The van der Waals surface area contributed by atoms with Gasteiger partial charge in [0.25, 0.3) is 5.91 Å². The SMILES string of the molecule is O=C1N(CCc2ccccc2)C(c2ccccc2)=N[C@]1(Nc1ncccn1)C(F)(F)F. The van der Waals surface area contributed by atoms with Crippen LogP contribution in [0.4, 0.5) is 19.1 Å². The van der Waals surface area contributed by atoms with Crippen LogP contribution in [0.1, 0.15) is 11.1 Å². The number of benzene rings is 2. The van der Waals surface area contributed by atoms with E-state index in [2.05, 4.69) is 20.3 Å². The predicted octanol–water partition coefficient (Wildman–Crippen LogP) is 3.68. The highest BCUT2D eigenvalue weighted by Crippen LogP contribution is 2.40. The molecule has 0 radical (unpaired) electrons. The Morgan fingerprint density at radius 1 is 0.903 bits per heavy atom. The number of anilines is 1. The van der Waals surface area contributed by atoms with E-state index in [1.165, 1.54) is 18.5 Å². The Labute approximate surface area is 176 Å². The standard InChI is InChI=1S/C22H18F3N5O/c23-22(24,25)21(29-20-26-13-7-14-27-20)19(31)30(15-12-16-8-3-1-4-9-16)18(28-21)17-10-5-2-6-11-17/h1-11,13-14H,12,15H2,(H,26,27,29)/t21-/m1/s1. The molecule has 1 aliphatic heterocycles. The van der Waals surface area contributed by atoms with Gasteiger partial charge in [-0.25, -0.2) is 15.0 Å². The second-order valence-corrected chi connectivity index (χ2v) is 6.90. The summed E-state index contributed by atoms with van der Waals surface area (Å²) in [5.74, 6) is -1.61. The average Bonchev–Trinajstić information content (AvgIpc) is 3.07. The summed E-state index contributed by atoms with van der Waals surface area (Å²) in [7, 11) is 0. The summed E-state index contributed by atoms with van der Waals surface area (Å²) in [6.45, 7) is 0.0335. The van der Waals surface area contributed by atoms with E-state index in [1.54, 1.807) is 30.3 Å². The van der Waals surface area contributed by atoms with E-state index < -0.39 is 17.7 Å². The van der Waals surface area contributed by atoms with Crippen LogP contribution in [0.5, 0.6) is 0 Å². The summed E-state index contributed by atoms with van der Waals surface area (Å²) in [5.41, 5.74) is -1.91. The van der Waals surface area contributed by atoms with Crippen molar-refractivity contribution in [2.75, 3.05) is 11.9 Å². The van der Waals surface area contributed by atoms with Gasteiger partial charge in [0.15, 0.2) is 0 Å². The number of hydrogen-bond acceptors (Lipinski definition) is 5. The zero-order chi connectivity index (χ0) is 21.9. The smallest absolute Gasteiger partial charge is 0.314 e. The lowest BCUT2D eigenvalue weighted by Gasteiger charge is -2.29. The number of aliphatic imine (C=N–C) groups is 1. The molecule has 1 atom stereocenters. The van der Waals surface area contributed by atoms with E-state index in [0.29, 0.717) is 12.0 Å². The number of amides is 1. The minimum Gasteiger partial charge on any atom is -0.314 e. The number of nitrogens with zero attached hydrogens (tertiary/aromatic N) is 4. The van der Waals surface area contributed by atoms with E-state index in [-0.39, 0.29) is 18.3 Å². The zero-order valence-corrected chi connectivity index (χ0v) is 16.3. The molecule has 0 saturated carbocycles. The molecular formula is C22H18F3N5O. The lowest BCUT2D eigenvalue weighted by molar-refractivity contribution is -0.185. The third-order valence-electron chi connectivity index (χ3n) is 4.85. The van der Waals surface area contributed by atoms with Crippen LogP contribution in [0.15, 0.2) is 84.1 Å². The predicted molar refractivity (Wildman–Crippen MR) is 109 cm³/mol. The molecular weight excluding hydrogens is 407 g/mol. The molecule has 0 fully saturated rings. The second kappa shape index (κ2) is 8.17. The van der Waals surface area contributed by atoms with Gasteiger partial charge in [-0.3, -0.25) is 9.69 Å². The molecule has 31 heavy (non-hydrogen) atoms. The maximum absolute atomic E-state index is 14.3. The van der Waals surface area contributed by atoms with Gasteiger partial charge in [-0.2, -0.15) is 13.2 Å². The number of amidine groups is 1. The van der Waals surface area contributed by atoms with Gasteiger partial charge >= 0.3 is 11.8 Å².